The smallest absolute Gasteiger partial charge is 0.248 e. The van der Waals surface area contributed by atoms with Gasteiger partial charge >= 0.3 is 0 Å². The van der Waals surface area contributed by atoms with Crippen molar-refractivity contribution >= 4 is 17.5 Å². The van der Waals surface area contributed by atoms with Crippen LogP contribution in [0.25, 0.3) is 0 Å². The average molecular weight is 359 g/mol. The molecule has 3 heterocycles. The van der Waals surface area contributed by atoms with Gasteiger partial charge in [0.2, 0.25) is 11.8 Å². The number of amides is 2. The Hall–Kier alpha value is -2.19. The van der Waals surface area contributed by atoms with Gasteiger partial charge in [0, 0.05) is 50.8 Å². The molecule has 1 aromatic rings. The zero-order valence-corrected chi connectivity index (χ0v) is 14.7. The minimum atomic E-state index is -0.555. The first-order valence-corrected chi connectivity index (χ1v) is 9.23. The van der Waals surface area contributed by atoms with Gasteiger partial charge in [-0.3, -0.25) is 19.8 Å². The molecule has 8 nitrogen and oxygen atoms in total. The summed E-state index contributed by atoms with van der Waals surface area (Å²) in [6.07, 6.45) is 6.37. The van der Waals surface area contributed by atoms with E-state index in [4.69, 9.17) is 5.21 Å². The fraction of sp³-hybridized carbons (Fsp3) is 0.611. The van der Waals surface area contributed by atoms with Crippen LogP contribution in [0.4, 0.5) is 5.69 Å². The third-order valence-corrected chi connectivity index (χ3v) is 6.04. The number of carbonyl (C=O) groups is 2. The molecule has 2 aliphatic heterocycles. The number of piperidine rings is 1. The lowest BCUT2D eigenvalue weighted by Crippen LogP contribution is -2.61. The second-order valence-electron chi connectivity index (χ2n) is 7.66. The molecule has 1 aromatic heterocycles. The molecule has 140 valence electrons. The maximum Gasteiger partial charge on any atom is 0.248 e. The molecule has 8 heteroatoms. The molecular weight excluding hydrogens is 334 g/mol. The second kappa shape index (κ2) is 6.85. The number of hydrogen-bond donors (Lipinski definition) is 3. The van der Waals surface area contributed by atoms with E-state index in [9.17, 15) is 9.59 Å². The Kier molecular flexibility index (Phi) is 4.54. The van der Waals surface area contributed by atoms with E-state index < -0.39 is 17.9 Å². The molecule has 0 radical (unpaired) electrons. The molecule has 2 atom stereocenters. The number of rotatable bonds is 3. The van der Waals surface area contributed by atoms with Crippen molar-refractivity contribution < 1.29 is 14.8 Å². The summed E-state index contributed by atoms with van der Waals surface area (Å²) in [5.41, 5.74) is 3.01. The molecule has 1 spiro atoms. The van der Waals surface area contributed by atoms with Crippen molar-refractivity contribution in [2.45, 2.75) is 25.3 Å². The van der Waals surface area contributed by atoms with Gasteiger partial charge in [-0.25, -0.2) is 5.48 Å². The molecule has 0 bridgehead atoms. The number of hydrogen-bond acceptors (Lipinski definition) is 6. The summed E-state index contributed by atoms with van der Waals surface area (Å²) in [5.74, 6) is -1.01. The van der Waals surface area contributed by atoms with Gasteiger partial charge in [-0.2, -0.15) is 0 Å². The standard InChI is InChI=1S/C18H25N5O3/c24-16(21-26)14-11-18(3-4-18)12-20-15(14)17(25)23-9-7-22(8-10-23)13-1-5-19-6-2-13/h1-2,5-6,14-15,20,26H,3-4,7-12H2,(H,21,24)/t14-,15-/m0/s1. The highest BCUT2D eigenvalue weighted by atomic mass is 16.5. The Bertz CT molecular complexity index is 671. The fourth-order valence-corrected chi connectivity index (χ4v) is 4.21. The summed E-state index contributed by atoms with van der Waals surface area (Å²) in [6.45, 7) is 3.53. The molecule has 2 amide bonds. The number of hydroxylamine groups is 1. The van der Waals surface area contributed by atoms with Gasteiger partial charge in [0.1, 0.15) is 0 Å². The van der Waals surface area contributed by atoms with Crippen LogP contribution >= 0.6 is 0 Å². The van der Waals surface area contributed by atoms with Crippen molar-refractivity contribution in [3.05, 3.63) is 24.5 Å². The quantitative estimate of drug-likeness (QED) is 0.519. The molecule has 1 saturated carbocycles. The van der Waals surface area contributed by atoms with Crippen LogP contribution in [0.15, 0.2) is 24.5 Å². The van der Waals surface area contributed by atoms with Gasteiger partial charge in [0.25, 0.3) is 0 Å². The zero-order valence-electron chi connectivity index (χ0n) is 14.7. The van der Waals surface area contributed by atoms with Gasteiger partial charge in [-0.1, -0.05) is 0 Å². The Morgan fingerprint density at radius 2 is 1.88 bits per heavy atom. The van der Waals surface area contributed by atoms with E-state index in [0.717, 1.165) is 38.2 Å². The van der Waals surface area contributed by atoms with E-state index >= 15 is 0 Å². The number of nitrogens with zero attached hydrogens (tertiary/aromatic N) is 3. The molecule has 2 saturated heterocycles. The van der Waals surface area contributed by atoms with E-state index in [0.29, 0.717) is 19.5 Å². The predicted octanol–water partition coefficient (Wildman–Crippen LogP) is -0.00610. The number of anilines is 1. The van der Waals surface area contributed by atoms with Crippen molar-refractivity contribution in [1.82, 2.24) is 20.7 Å². The van der Waals surface area contributed by atoms with Crippen LogP contribution in [-0.4, -0.2) is 65.7 Å². The SMILES string of the molecule is O=C(NO)[C@H]1CC2(CC2)CN[C@@H]1C(=O)N1CCN(c2ccncc2)CC1. The molecular formula is C18H25N5O3. The lowest BCUT2D eigenvalue weighted by molar-refractivity contribution is -0.145. The van der Waals surface area contributed by atoms with E-state index in [1.165, 1.54) is 0 Å². The first kappa shape index (κ1) is 17.2. The Morgan fingerprint density at radius 1 is 1.19 bits per heavy atom. The maximum absolute atomic E-state index is 13.0. The summed E-state index contributed by atoms with van der Waals surface area (Å²) in [5, 5.41) is 12.4. The Labute approximate surface area is 152 Å². The third kappa shape index (κ3) is 3.26. The topological polar surface area (TPSA) is 97.8 Å². The first-order valence-electron chi connectivity index (χ1n) is 9.23. The highest BCUT2D eigenvalue weighted by Crippen LogP contribution is 2.52. The molecule has 26 heavy (non-hydrogen) atoms. The molecule has 3 aliphatic rings. The third-order valence-electron chi connectivity index (χ3n) is 6.04. The minimum absolute atomic E-state index is 0.0384. The van der Waals surface area contributed by atoms with E-state index in [2.05, 4.69) is 15.2 Å². The summed E-state index contributed by atoms with van der Waals surface area (Å²) in [4.78, 5) is 33.3. The van der Waals surface area contributed by atoms with Crippen LogP contribution < -0.4 is 15.7 Å². The summed E-state index contributed by atoms with van der Waals surface area (Å²) in [6, 6.07) is 3.38. The zero-order chi connectivity index (χ0) is 18.1. The van der Waals surface area contributed by atoms with Crippen LogP contribution in [-0.2, 0) is 9.59 Å². The predicted molar refractivity (Wildman–Crippen MR) is 94.5 cm³/mol. The largest absolute Gasteiger partial charge is 0.368 e. The first-order chi connectivity index (χ1) is 12.6. The second-order valence-corrected chi connectivity index (χ2v) is 7.66. The van der Waals surface area contributed by atoms with Gasteiger partial charge < -0.3 is 15.1 Å². The Morgan fingerprint density at radius 3 is 2.50 bits per heavy atom. The lowest BCUT2D eigenvalue weighted by Gasteiger charge is -2.41. The van der Waals surface area contributed by atoms with Gasteiger partial charge in [-0.05, 0) is 36.8 Å². The van der Waals surface area contributed by atoms with Gasteiger partial charge in [-0.15, -0.1) is 0 Å². The minimum Gasteiger partial charge on any atom is -0.368 e. The van der Waals surface area contributed by atoms with E-state index in [1.54, 1.807) is 17.9 Å². The van der Waals surface area contributed by atoms with Crippen LogP contribution in [0, 0.1) is 11.3 Å². The number of nitrogens with one attached hydrogen (secondary N) is 2. The van der Waals surface area contributed by atoms with Crippen molar-refractivity contribution in [1.29, 1.82) is 0 Å². The van der Waals surface area contributed by atoms with E-state index in [-0.39, 0.29) is 11.3 Å². The van der Waals surface area contributed by atoms with Crippen LogP contribution in [0.3, 0.4) is 0 Å². The molecule has 0 aromatic carbocycles. The molecule has 3 N–H and O–H groups in total. The van der Waals surface area contributed by atoms with Crippen molar-refractivity contribution in [2.24, 2.45) is 11.3 Å². The molecule has 3 fully saturated rings. The normalized spacial score (nSPS) is 27.3. The molecule has 1 aliphatic carbocycles. The Balaban J connectivity index is 1.40. The van der Waals surface area contributed by atoms with Crippen LogP contribution in [0.2, 0.25) is 0 Å². The summed E-state index contributed by atoms with van der Waals surface area (Å²) >= 11 is 0. The van der Waals surface area contributed by atoms with Gasteiger partial charge in [0.05, 0.1) is 12.0 Å². The maximum atomic E-state index is 13.0. The molecule has 4 rings (SSSR count). The van der Waals surface area contributed by atoms with Crippen LogP contribution in [0.1, 0.15) is 19.3 Å². The van der Waals surface area contributed by atoms with Crippen molar-refractivity contribution in [3.63, 3.8) is 0 Å². The number of carbonyl (C=O) groups excluding carboxylic acids is 2. The fourth-order valence-electron chi connectivity index (χ4n) is 4.21. The summed E-state index contributed by atoms with van der Waals surface area (Å²) < 4.78 is 0. The van der Waals surface area contributed by atoms with E-state index in [1.807, 2.05) is 17.0 Å². The van der Waals surface area contributed by atoms with Crippen molar-refractivity contribution in [2.75, 3.05) is 37.6 Å². The van der Waals surface area contributed by atoms with Gasteiger partial charge in [0.15, 0.2) is 0 Å². The van der Waals surface area contributed by atoms with Crippen molar-refractivity contribution in [3.8, 4) is 0 Å². The highest BCUT2D eigenvalue weighted by Gasteiger charge is 2.52. The number of pyridine rings is 1. The number of piperazine rings is 1. The highest BCUT2D eigenvalue weighted by molar-refractivity contribution is 5.90. The monoisotopic (exact) mass is 359 g/mol. The summed E-state index contributed by atoms with van der Waals surface area (Å²) in [7, 11) is 0. The van der Waals surface area contributed by atoms with Crippen LogP contribution in [0.5, 0.6) is 0 Å². The number of aromatic nitrogens is 1. The molecule has 0 unspecified atom stereocenters. The lowest BCUT2D eigenvalue weighted by atomic mass is 9.81. The average Bonchev–Trinajstić information content (AvgIpc) is 3.46.